The molecule has 1 aromatic rings. The first-order chi connectivity index (χ1) is 38.6. The van der Waals surface area contributed by atoms with E-state index in [9.17, 15) is 60.3 Å². The Morgan fingerprint density at radius 1 is 0.744 bits per heavy atom. The number of unbranched alkanes of at least 4 members (excludes halogenated alkanes) is 2. The fourth-order valence-electron chi connectivity index (χ4n) is 16.7. The van der Waals surface area contributed by atoms with Crippen molar-refractivity contribution in [1.29, 1.82) is 0 Å². The highest BCUT2D eigenvalue weighted by molar-refractivity contribution is 5.94. The molecule has 0 bridgehead atoms. The number of carbonyl (C=O) groups excluding carboxylic acids is 4. The topological polar surface area (TPSA) is 330 Å². The van der Waals surface area contributed by atoms with Crippen LogP contribution in [0.1, 0.15) is 148 Å². The monoisotopic (exact) mass is 1160 g/mol. The molecule has 24 atom stereocenters. The molecule has 9 rings (SSSR count). The summed E-state index contributed by atoms with van der Waals surface area (Å²) in [6.45, 7) is 15.5. The Morgan fingerprint density at radius 2 is 1.44 bits per heavy atom. The van der Waals surface area contributed by atoms with E-state index in [0.29, 0.717) is 63.5 Å². The number of aliphatic hydroxyl groups is 9. The van der Waals surface area contributed by atoms with Gasteiger partial charge in [-0.1, -0.05) is 77.3 Å². The molecule has 0 aromatic heterocycles. The third-order valence-electron chi connectivity index (χ3n) is 21.9. The molecule has 21 nitrogen and oxygen atoms in total. The van der Waals surface area contributed by atoms with E-state index in [1.807, 2.05) is 26.0 Å². The van der Waals surface area contributed by atoms with E-state index in [2.05, 4.69) is 51.3 Å². The largest absolute Gasteiger partial charge is 0.432 e. The Morgan fingerprint density at radius 3 is 2.13 bits per heavy atom. The maximum absolute atomic E-state index is 15.7. The number of benzene rings is 1. The van der Waals surface area contributed by atoms with Gasteiger partial charge in [0, 0.05) is 18.5 Å². The normalized spacial score (nSPS) is 46.1. The number of fused-ring (bicyclic) bond motifs is 7. The second kappa shape index (κ2) is 24.0. The lowest BCUT2D eigenvalue weighted by Gasteiger charge is -2.71. The van der Waals surface area contributed by atoms with Crippen molar-refractivity contribution in [3.63, 3.8) is 0 Å². The predicted molar refractivity (Wildman–Crippen MR) is 292 cm³/mol. The van der Waals surface area contributed by atoms with Crippen LogP contribution in [0.15, 0.2) is 35.9 Å². The van der Waals surface area contributed by atoms with Gasteiger partial charge in [-0.2, -0.15) is 0 Å². The molecule has 5 aliphatic carbocycles. The number of rotatable bonds is 16. The zero-order valence-corrected chi connectivity index (χ0v) is 48.9. The zero-order valence-electron chi connectivity index (χ0n) is 48.9. The average Bonchev–Trinajstić information content (AvgIpc) is 0.729. The number of allylic oxidation sites excluding steroid dienone is 2. The number of amides is 2. The van der Waals surface area contributed by atoms with Crippen LogP contribution >= 0.6 is 0 Å². The molecule has 1 aromatic carbocycles. The minimum atomic E-state index is -1.96. The van der Waals surface area contributed by atoms with Gasteiger partial charge in [0.2, 0.25) is 12.2 Å². The Hall–Kier alpha value is -3.52. The van der Waals surface area contributed by atoms with Gasteiger partial charge in [-0.3, -0.25) is 14.4 Å². The van der Waals surface area contributed by atoms with E-state index in [-0.39, 0.29) is 53.3 Å². The molecule has 2 amide bonds. The van der Waals surface area contributed by atoms with Crippen LogP contribution in [0.3, 0.4) is 0 Å². The van der Waals surface area contributed by atoms with E-state index in [1.54, 1.807) is 12.1 Å². The molecule has 3 aliphatic heterocycles. The van der Waals surface area contributed by atoms with Crippen LogP contribution in [0.25, 0.3) is 0 Å². The molecular formula is C61H92N2O19. The lowest BCUT2D eigenvalue weighted by Crippen LogP contribution is -2.69. The molecule has 0 spiro atoms. The number of carbonyl (C=O) groups is 4. The third-order valence-corrected chi connectivity index (χ3v) is 21.9. The standard InChI is InChI=1S/C61H92N2O19/c1-31-13-15-33(16-14-31)51(75)62-25-11-9-10-12-42(69)63-43-37(28-64)79-54(50(45(43)71)81-53-48(74)46(72)49(32(2)78-53)80-52-47(73)44(70)36(66)29-77-52)82-55(76)61-24-23-56(3,4)26-35(61)34-17-18-39-57(5)21-20-40(67)58(6,30-65)38(57)19-22-59(39,7)60(34,8)27-41(61)68/h13-17,30,32,35-41,43-50,52-54,64,66-68,70-74H,9-12,18-29H2,1-8H3,(H,62,75)(H,63,69)/t32?,35?,36-,37?,38-,39?,40+,41?,43+,44?,45?,46?,47?,48?,49+,50?,52+,53+,54+,57?,58-,59+,60-,61-/m1/s1. The molecule has 12 unspecified atom stereocenters. The molecule has 11 N–H and O–H groups in total. The third kappa shape index (κ3) is 11.1. The number of hydrogen-bond donors (Lipinski definition) is 11. The van der Waals surface area contributed by atoms with Gasteiger partial charge in [-0.25, -0.2) is 0 Å². The SMILES string of the molecule is Cc1ccc(C(=O)NCCCCCC(=O)N[C@H]2C(CO)O[C@@H](OC(=O)[C@]34CCC(C)(C)CC3C3=CCC5C6(C)CC[C@H](O)[C@](C)(C=O)[C@@H]6CC[C@]5(C)[C@]3(C)CC4O)C(O[C@@H]3OC(C)[C@H](O[C@@H]4OC[C@@H](O)C(O)C4O)C(O)C3O)C2O)cc1. The van der Waals surface area contributed by atoms with E-state index < -0.39 is 145 Å². The first-order valence-corrected chi connectivity index (χ1v) is 29.9. The minimum absolute atomic E-state index is 0.0179. The Bertz CT molecular complexity index is 2500. The Balaban J connectivity index is 0.963. The summed E-state index contributed by atoms with van der Waals surface area (Å²) in [5.74, 6) is -2.05. The van der Waals surface area contributed by atoms with Crippen molar-refractivity contribution in [1.82, 2.24) is 10.6 Å². The summed E-state index contributed by atoms with van der Waals surface area (Å²) in [5.41, 5.74) is -1.38. The van der Waals surface area contributed by atoms with Gasteiger partial charge in [0.15, 0.2) is 18.7 Å². The molecule has 7 fully saturated rings. The first kappa shape index (κ1) is 63.0. The highest BCUT2D eigenvalue weighted by Gasteiger charge is 2.72. The van der Waals surface area contributed by atoms with E-state index in [1.165, 1.54) is 6.92 Å². The quantitative estimate of drug-likeness (QED) is 0.0490. The Labute approximate surface area is 480 Å². The zero-order chi connectivity index (χ0) is 59.6. The summed E-state index contributed by atoms with van der Waals surface area (Å²) in [5, 5.41) is 107. The molecule has 4 saturated carbocycles. The van der Waals surface area contributed by atoms with E-state index in [0.717, 1.165) is 30.3 Å². The van der Waals surface area contributed by atoms with Crippen molar-refractivity contribution in [3.8, 4) is 0 Å². The molecule has 3 heterocycles. The molecule has 3 saturated heterocycles. The summed E-state index contributed by atoms with van der Waals surface area (Å²) in [6, 6.07) is 5.80. The average molecular weight is 1160 g/mol. The number of aryl methyl sites for hydroxylation is 1. The van der Waals surface area contributed by atoms with Crippen LogP contribution in [0.5, 0.6) is 0 Å². The van der Waals surface area contributed by atoms with Gasteiger partial charge in [-0.15, -0.1) is 0 Å². The molecule has 460 valence electrons. The van der Waals surface area contributed by atoms with E-state index >= 15 is 4.79 Å². The smallest absolute Gasteiger partial charge is 0.317 e. The minimum Gasteiger partial charge on any atom is -0.432 e. The number of esters is 1. The summed E-state index contributed by atoms with van der Waals surface area (Å²) in [7, 11) is 0. The highest BCUT2D eigenvalue weighted by Crippen LogP contribution is 2.76. The van der Waals surface area contributed by atoms with Gasteiger partial charge in [0.05, 0.1) is 43.0 Å². The van der Waals surface area contributed by atoms with Gasteiger partial charge in [0.25, 0.3) is 5.91 Å². The number of aldehydes is 1. The van der Waals surface area contributed by atoms with Gasteiger partial charge < -0.3 is 89.8 Å². The van der Waals surface area contributed by atoms with Gasteiger partial charge in [-0.05, 0) is 136 Å². The van der Waals surface area contributed by atoms with Crippen molar-refractivity contribution in [2.75, 3.05) is 19.8 Å². The predicted octanol–water partition coefficient (Wildman–Crippen LogP) is 2.38. The fourth-order valence-corrected chi connectivity index (χ4v) is 16.7. The van der Waals surface area contributed by atoms with Gasteiger partial charge >= 0.3 is 5.97 Å². The Kier molecular flexibility index (Phi) is 18.4. The number of nitrogens with one attached hydrogen (secondary N) is 2. The molecular weight excluding hydrogens is 1060 g/mol. The van der Waals surface area contributed by atoms with Crippen molar-refractivity contribution in [2.45, 2.75) is 237 Å². The van der Waals surface area contributed by atoms with Crippen molar-refractivity contribution in [3.05, 3.63) is 47.0 Å². The number of aliphatic hydroxyl groups excluding tert-OH is 9. The molecule has 82 heavy (non-hydrogen) atoms. The summed E-state index contributed by atoms with van der Waals surface area (Å²) >= 11 is 0. The first-order valence-electron chi connectivity index (χ1n) is 29.9. The number of ether oxygens (including phenoxy) is 6. The van der Waals surface area contributed by atoms with Gasteiger partial charge in [0.1, 0.15) is 60.5 Å². The highest BCUT2D eigenvalue weighted by atomic mass is 16.8. The maximum atomic E-state index is 15.7. The lowest BCUT2D eigenvalue weighted by molar-refractivity contribution is -0.370. The van der Waals surface area contributed by atoms with Crippen molar-refractivity contribution in [2.24, 2.45) is 50.2 Å². The molecule has 21 heteroatoms. The van der Waals surface area contributed by atoms with Crippen molar-refractivity contribution < 1.29 is 93.6 Å². The van der Waals surface area contributed by atoms with Crippen LogP contribution in [0.4, 0.5) is 0 Å². The fraction of sp³-hybridized carbons (Fsp3) is 0.803. The summed E-state index contributed by atoms with van der Waals surface area (Å²) in [4.78, 5) is 54.8. The second-order valence-corrected chi connectivity index (χ2v) is 27.3. The van der Waals surface area contributed by atoms with Crippen molar-refractivity contribution >= 4 is 24.1 Å². The van der Waals surface area contributed by atoms with Crippen LogP contribution in [0, 0.1) is 57.2 Å². The maximum Gasteiger partial charge on any atom is 0.317 e. The lowest BCUT2D eigenvalue weighted by atomic mass is 9.33. The molecule has 8 aliphatic rings. The molecule has 0 radical (unpaired) electrons. The van der Waals surface area contributed by atoms with Crippen LogP contribution in [-0.4, -0.2) is 188 Å². The van der Waals surface area contributed by atoms with Crippen LogP contribution < -0.4 is 10.6 Å². The second-order valence-electron chi connectivity index (χ2n) is 27.3. The van der Waals surface area contributed by atoms with Crippen LogP contribution in [-0.2, 0) is 42.8 Å². The number of hydrogen-bond acceptors (Lipinski definition) is 19. The summed E-state index contributed by atoms with van der Waals surface area (Å²) < 4.78 is 36.5. The summed E-state index contributed by atoms with van der Waals surface area (Å²) in [6.07, 6.45) is -13.8. The van der Waals surface area contributed by atoms with Crippen LogP contribution in [0.2, 0.25) is 0 Å². The van der Waals surface area contributed by atoms with E-state index in [4.69, 9.17) is 28.4 Å².